The average molecular weight is 931 g/mol. The number of anilines is 1. The average Bonchev–Trinajstić information content (AvgIpc) is 3.95. The smallest absolute Gasteiger partial charge is 0.253 e. The highest BCUT2D eigenvalue weighted by Crippen LogP contribution is 2.33. The van der Waals surface area contributed by atoms with E-state index in [0.29, 0.717) is 81.2 Å². The van der Waals surface area contributed by atoms with Gasteiger partial charge in [0.1, 0.15) is 11.6 Å². The van der Waals surface area contributed by atoms with Gasteiger partial charge < -0.3 is 25.3 Å². The number of nitrogens with one attached hydrogen (secondary N) is 5. The third kappa shape index (κ3) is 10.3. The van der Waals surface area contributed by atoms with Crippen LogP contribution in [0.15, 0.2) is 88.6 Å². The summed E-state index contributed by atoms with van der Waals surface area (Å²) in [6.45, 7) is 17.6. The van der Waals surface area contributed by atoms with Crippen LogP contribution in [0.25, 0.3) is 33.5 Å². The van der Waals surface area contributed by atoms with E-state index in [1.54, 1.807) is 41.2 Å². The molecule has 0 radical (unpaired) electrons. The maximum absolute atomic E-state index is 13.9. The molecule has 356 valence electrons. The van der Waals surface area contributed by atoms with Crippen LogP contribution in [0, 0.1) is 20.8 Å². The highest BCUT2D eigenvalue weighted by molar-refractivity contribution is 6.06. The van der Waals surface area contributed by atoms with Gasteiger partial charge in [-0.25, -0.2) is 20.1 Å². The summed E-state index contributed by atoms with van der Waals surface area (Å²) < 4.78 is 8.08. The van der Waals surface area contributed by atoms with E-state index >= 15 is 0 Å². The van der Waals surface area contributed by atoms with Crippen LogP contribution in [0.2, 0.25) is 0 Å². The molecule has 0 saturated carbocycles. The van der Waals surface area contributed by atoms with Gasteiger partial charge in [0.05, 0.1) is 34.6 Å². The quantitative estimate of drug-likeness (QED) is 0.0592. The summed E-state index contributed by atoms with van der Waals surface area (Å²) in [6.07, 6.45) is 2.61. The van der Waals surface area contributed by atoms with E-state index in [4.69, 9.17) is 14.7 Å². The minimum atomic E-state index is -0.344. The monoisotopic (exact) mass is 930 g/mol. The summed E-state index contributed by atoms with van der Waals surface area (Å²) in [6, 6.07) is 22.1. The molecule has 1 atom stereocenters. The van der Waals surface area contributed by atoms with Gasteiger partial charge in [-0.05, 0) is 141 Å². The number of ether oxygens (including phenoxy) is 1. The Balaban J connectivity index is 0.917. The zero-order valence-electron chi connectivity index (χ0n) is 40.5. The lowest BCUT2D eigenvalue weighted by Gasteiger charge is -2.23. The fraction of sp³-hybridized carbons (Fsp3) is 0.321. The summed E-state index contributed by atoms with van der Waals surface area (Å²) in [5.74, 6) is 0.558. The van der Waals surface area contributed by atoms with Gasteiger partial charge >= 0.3 is 0 Å². The van der Waals surface area contributed by atoms with E-state index in [9.17, 15) is 24.0 Å². The van der Waals surface area contributed by atoms with Crippen molar-refractivity contribution < 1.29 is 19.1 Å². The van der Waals surface area contributed by atoms with Crippen molar-refractivity contribution in [2.75, 3.05) is 5.01 Å². The van der Waals surface area contributed by atoms with Crippen molar-refractivity contribution in [2.45, 2.75) is 113 Å². The molecule has 16 nitrogen and oxygen atoms in total. The van der Waals surface area contributed by atoms with Gasteiger partial charge in [0.15, 0.2) is 11.4 Å². The van der Waals surface area contributed by atoms with Crippen molar-refractivity contribution in [3.63, 3.8) is 0 Å². The van der Waals surface area contributed by atoms with Crippen LogP contribution >= 0.6 is 0 Å². The standard InChI is InChI=1S/C53H58N10O6/c1-28(2)62-48-44(26-56-62)40(50(65)54-24-42-30(5)19-32(7)58-52(42)67)22-46(60-48)35-14-17-39(18-15-35)69-33(8)13-16-38-20-31(6)43(53(68)59-38)25-55-51(66)41-23-47(37-12-10-11-36(21-37)34(9)64)61-49-45(41)27-57-63(49)29(3)4/h10-12,14-15,17-23,26,28-29,33,57H,13,16,24-25,27H2,1-9H3,(H,54,65)(H,55,66)(H,58,67)(H,59,68). The number of ketones is 1. The third-order valence-electron chi connectivity index (χ3n) is 12.5. The second-order valence-corrected chi connectivity index (χ2v) is 18.4. The Labute approximate surface area is 399 Å². The minimum Gasteiger partial charge on any atom is -0.491 e. The number of hydrogen-bond acceptors (Lipinski definition) is 11. The summed E-state index contributed by atoms with van der Waals surface area (Å²) in [5, 5.41) is 13.0. The largest absolute Gasteiger partial charge is 0.491 e. The van der Waals surface area contributed by atoms with Crippen molar-refractivity contribution in [1.82, 2.24) is 45.8 Å². The predicted octanol–water partition coefficient (Wildman–Crippen LogP) is 7.74. The van der Waals surface area contributed by atoms with Crippen LogP contribution in [0.1, 0.15) is 124 Å². The van der Waals surface area contributed by atoms with Crippen LogP contribution in [0.5, 0.6) is 5.75 Å². The molecule has 0 aliphatic carbocycles. The number of Topliss-reactive ketones (excluding diaryl/α,β-unsaturated/α-hetero) is 1. The van der Waals surface area contributed by atoms with E-state index in [0.717, 1.165) is 39.2 Å². The molecule has 1 aliphatic rings. The fourth-order valence-electron chi connectivity index (χ4n) is 8.70. The van der Waals surface area contributed by atoms with Gasteiger partial charge in [-0.2, -0.15) is 5.10 Å². The number of pyridine rings is 4. The number of aromatic amines is 2. The van der Waals surface area contributed by atoms with Gasteiger partial charge in [0, 0.05) is 82.0 Å². The second-order valence-electron chi connectivity index (χ2n) is 18.4. The van der Waals surface area contributed by atoms with Crippen LogP contribution < -0.4 is 36.9 Å². The summed E-state index contributed by atoms with van der Waals surface area (Å²) in [4.78, 5) is 81.7. The molecule has 0 fully saturated rings. The zero-order chi connectivity index (χ0) is 49.3. The Kier molecular flexibility index (Phi) is 13.7. The fourth-order valence-corrected chi connectivity index (χ4v) is 8.70. The lowest BCUT2D eigenvalue weighted by molar-refractivity contribution is 0.0943. The number of benzene rings is 2. The zero-order valence-corrected chi connectivity index (χ0v) is 40.5. The first-order valence-corrected chi connectivity index (χ1v) is 23.3. The number of nitrogens with zero attached hydrogens (tertiary/aromatic N) is 5. The number of H-pyrrole nitrogens is 2. The number of carbonyl (C=O) groups excluding carboxylic acids is 3. The Morgan fingerprint density at radius 3 is 2.06 bits per heavy atom. The number of amides is 2. The molecular formula is C53H58N10O6. The lowest BCUT2D eigenvalue weighted by atomic mass is 10.0. The molecule has 5 aromatic heterocycles. The molecule has 16 heteroatoms. The van der Waals surface area contributed by atoms with Crippen LogP contribution in [0.3, 0.4) is 0 Å². The highest BCUT2D eigenvalue weighted by atomic mass is 16.5. The van der Waals surface area contributed by atoms with Gasteiger partial charge in [-0.3, -0.25) is 29.0 Å². The van der Waals surface area contributed by atoms with Crippen molar-refractivity contribution in [1.29, 1.82) is 0 Å². The molecule has 0 spiro atoms. The van der Waals surface area contributed by atoms with Gasteiger partial charge in [-0.15, -0.1) is 0 Å². The molecular weight excluding hydrogens is 873 g/mol. The molecule has 69 heavy (non-hydrogen) atoms. The number of carbonyl (C=O) groups is 3. The van der Waals surface area contributed by atoms with Crippen LogP contribution in [-0.2, 0) is 26.1 Å². The molecule has 1 unspecified atom stereocenters. The third-order valence-corrected chi connectivity index (χ3v) is 12.5. The van der Waals surface area contributed by atoms with Crippen molar-refractivity contribution in [3.05, 3.63) is 156 Å². The number of aromatic nitrogens is 6. The Bertz CT molecular complexity index is 3240. The van der Waals surface area contributed by atoms with Crippen molar-refractivity contribution in [2.24, 2.45) is 0 Å². The van der Waals surface area contributed by atoms with Crippen LogP contribution in [-0.4, -0.2) is 59.5 Å². The number of fused-ring (bicyclic) bond motifs is 2. The van der Waals surface area contributed by atoms with E-state index in [1.807, 2.05) is 103 Å². The highest BCUT2D eigenvalue weighted by Gasteiger charge is 2.29. The van der Waals surface area contributed by atoms with E-state index in [2.05, 4.69) is 31.1 Å². The molecule has 7 aromatic rings. The number of hydrogen-bond donors (Lipinski definition) is 5. The Morgan fingerprint density at radius 1 is 0.754 bits per heavy atom. The lowest BCUT2D eigenvalue weighted by Crippen LogP contribution is -2.38. The molecule has 6 heterocycles. The van der Waals surface area contributed by atoms with E-state index in [-0.39, 0.29) is 60.0 Å². The van der Waals surface area contributed by atoms with Gasteiger partial charge in [0.25, 0.3) is 22.9 Å². The van der Waals surface area contributed by atoms with Gasteiger partial charge in [-0.1, -0.05) is 18.2 Å². The molecule has 0 bridgehead atoms. The molecule has 8 rings (SSSR count). The Morgan fingerprint density at radius 2 is 1.41 bits per heavy atom. The molecule has 2 amide bonds. The van der Waals surface area contributed by atoms with E-state index < -0.39 is 0 Å². The first kappa shape index (κ1) is 47.8. The van der Waals surface area contributed by atoms with Crippen molar-refractivity contribution >= 4 is 34.4 Å². The molecule has 0 saturated heterocycles. The summed E-state index contributed by atoms with van der Waals surface area (Å²) >= 11 is 0. The first-order chi connectivity index (χ1) is 32.9. The molecule has 5 N–H and O–H groups in total. The Hall–Kier alpha value is -7.72. The maximum Gasteiger partial charge on any atom is 0.253 e. The summed E-state index contributed by atoms with van der Waals surface area (Å²) in [5.41, 5.74) is 12.2. The number of aryl methyl sites for hydroxylation is 4. The van der Waals surface area contributed by atoms with E-state index in [1.165, 1.54) is 6.92 Å². The van der Waals surface area contributed by atoms with Crippen LogP contribution in [0.4, 0.5) is 5.82 Å². The second kappa shape index (κ2) is 19.9. The SMILES string of the molecule is CC(=O)c1cccc(-c2cc(C(=O)NCc3c(C)cc(CCC(C)Oc4ccc(-c5cc(C(=O)NCc6c(C)cc(C)[nH]c6=O)c6cnn(C(C)C)c6n5)cc4)[nH]c3=O)c3c(n2)N(C(C)C)NC3)c1. The number of rotatable bonds is 16. The predicted molar refractivity (Wildman–Crippen MR) is 267 cm³/mol. The molecule has 2 aromatic carbocycles. The normalized spacial score (nSPS) is 12.7. The molecule has 1 aliphatic heterocycles. The number of hydrazine groups is 1. The first-order valence-electron chi connectivity index (χ1n) is 23.3. The topological polar surface area (TPSA) is 209 Å². The minimum absolute atomic E-state index is 0.00549. The van der Waals surface area contributed by atoms with Crippen molar-refractivity contribution in [3.8, 4) is 28.3 Å². The summed E-state index contributed by atoms with van der Waals surface area (Å²) in [7, 11) is 0. The maximum atomic E-state index is 13.9. The van der Waals surface area contributed by atoms with Gasteiger partial charge in [0.2, 0.25) is 0 Å².